The fourth-order valence-corrected chi connectivity index (χ4v) is 10.2. The molecule has 0 aromatic carbocycles. The molecule has 2 aliphatic carbocycles. The highest BCUT2D eigenvalue weighted by Gasteiger charge is 2.46. The number of hydrogen-bond acceptors (Lipinski definition) is 8. The van der Waals surface area contributed by atoms with Crippen molar-refractivity contribution in [1.29, 1.82) is 21.0 Å². The van der Waals surface area contributed by atoms with E-state index in [0.29, 0.717) is 0 Å². The third-order valence-electron chi connectivity index (χ3n) is 7.20. The number of allylic oxidation sites excluding steroid dienone is 2. The van der Waals surface area contributed by atoms with Gasteiger partial charge < -0.3 is 0 Å². The maximum Gasteiger partial charge on any atom is 0.131 e. The number of fused-ring (bicyclic) bond motifs is 5. The van der Waals surface area contributed by atoms with Gasteiger partial charge in [0.15, 0.2) is 0 Å². The van der Waals surface area contributed by atoms with E-state index in [-0.39, 0.29) is 16.6 Å². The van der Waals surface area contributed by atoms with Crippen LogP contribution in [0.4, 0.5) is 0 Å². The second-order valence-corrected chi connectivity index (χ2v) is 13.7. The quantitative estimate of drug-likeness (QED) is 0.231. The van der Waals surface area contributed by atoms with Gasteiger partial charge in [-0.05, 0) is 72.5 Å². The van der Waals surface area contributed by atoms with Crippen molar-refractivity contribution in [2.75, 3.05) is 0 Å². The minimum absolute atomic E-state index is 0.0655. The summed E-state index contributed by atoms with van der Waals surface area (Å²) in [7, 11) is 0. The highest BCUT2D eigenvalue weighted by Crippen LogP contribution is 2.62. The van der Waals surface area contributed by atoms with E-state index in [0.717, 1.165) is 32.4 Å². The summed E-state index contributed by atoms with van der Waals surface area (Å²) >= 11 is 6.93. The molecule has 4 heterocycles. The first-order chi connectivity index (χ1) is 18.6. The van der Waals surface area contributed by atoms with Crippen molar-refractivity contribution < 1.29 is 0 Å². The zero-order valence-corrected chi connectivity index (χ0v) is 23.3. The van der Waals surface area contributed by atoms with Gasteiger partial charge in [-0.25, -0.2) is 0 Å². The Hall–Kier alpha value is -3.76. The number of hydrogen-bond donors (Lipinski definition) is 0. The minimum Gasteiger partial charge on any atom is -0.192 e. The Morgan fingerprint density at radius 2 is 1.05 bits per heavy atom. The molecule has 4 nitrogen and oxygen atoms in total. The summed E-state index contributed by atoms with van der Waals surface area (Å²) in [6.45, 7) is 0. The van der Waals surface area contributed by atoms with E-state index in [9.17, 15) is 0 Å². The van der Waals surface area contributed by atoms with Crippen molar-refractivity contribution >= 4 is 57.5 Å². The van der Waals surface area contributed by atoms with Gasteiger partial charge in [-0.2, -0.15) is 21.0 Å². The molecule has 0 atom stereocenters. The fraction of sp³-hybridized carbons (Fsp3) is 0.200. The molecule has 38 heavy (non-hydrogen) atoms. The zero-order chi connectivity index (χ0) is 26.3. The van der Waals surface area contributed by atoms with Crippen molar-refractivity contribution in [2.24, 2.45) is 0 Å². The van der Waals surface area contributed by atoms with Crippen LogP contribution in [0, 0.1) is 45.3 Å². The molecule has 6 rings (SSSR count). The van der Waals surface area contributed by atoms with Crippen LogP contribution in [0.25, 0.3) is 41.4 Å². The first-order valence-corrected chi connectivity index (χ1v) is 15.4. The van der Waals surface area contributed by atoms with E-state index < -0.39 is 0 Å². The van der Waals surface area contributed by atoms with Crippen molar-refractivity contribution in [1.82, 2.24) is 0 Å². The van der Waals surface area contributed by atoms with Crippen LogP contribution in [0.15, 0.2) is 47.5 Å². The van der Waals surface area contributed by atoms with E-state index in [1.54, 1.807) is 34.8 Å². The van der Waals surface area contributed by atoms with Gasteiger partial charge in [-0.3, -0.25) is 0 Å². The monoisotopic (exact) mass is 562 g/mol. The summed E-state index contributed by atoms with van der Waals surface area (Å²) in [5.41, 5.74) is 3.23. The molecule has 0 N–H and O–H groups in total. The smallest absolute Gasteiger partial charge is 0.131 e. The lowest BCUT2D eigenvalue weighted by Gasteiger charge is -2.34. The van der Waals surface area contributed by atoms with Gasteiger partial charge in [0.1, 0.15) is 35.4 Å². The Kier molecular flexibility index (Phi) is 6.37. The maximum absolute atomic E-state index is 9.11. The predicted octanol–water partition coefficient (Wildman–Crippen LogP) is 9.36. The van der Waals surface area contributed by atoms with Gasteiger partial charge in [-0.15, -0.1) is 45.3 Å². The third kappa shape index (κ3) is 4.04. The van der Waals surface area contributed by atoms with Crippen molar-refractivity contribution in [3.8, 4) is 53.5 Å². The van der Waals surface area contributed by atoms with Crippen LogP contribution in [0.3, 0.4) is 0 Å². The lowest BCUT2D eigenvalue weighted by atomic mass is 9.68. The lowest BCUT2D eigenvalue weighted by molar-refractivity contribution is 0.354. The van der Waals surface area contributed by atoms with Crippen LogP contribution in [-0.2, 0) is 5.41 Å². The summed E-state index contributed by atoms with van der Waals surface area (Å²) in [6, 6.07) is 20.7. The molecule has 8 heteroatoms. The van der Waals surface area contributed by atoms with Gasteiger partial charge in [0.05, 0.1) is 0 Å². The topological polar surface area (TPSA) is 95.2 Å². The molecule has 1 spiro atoms. The van der Waals surface area contributed by atoms with E-state index in [4.69, 9.17) is 21.0 Å². The molecule has 0 aliphatic heterocycles. The number of nitrogens with zero attached hydrogens (tertiary/aromatic N) is 4. The number of nitriles is 4. The Labute approximate surface area is 236 Å². The predicted molar refractivity (Wildman–Crippen MR) is 157 cm³/mol. The van der Waals surface area contributed by atoms with Crippen molar-refractivity contribution in [2.45, 2.75) is 37.5 Å². The molecule has 4 aromatic heterocycles. The summed E-state index contributed by atoms with van der Waals surface area (Å²) < 4.78 is 0. The number of rotatable bonds is 4. The van der Waals surface area contributed by atoms with Gasteiger partial charge in [0, 0.05) is 44.4 Å². The molecule has 0 saturated heterocycles. The van der Waals surface area contributed by atoms with Crippen LogP contribution >= 0.6 is 45.3 Å². The summed E-state index contributed by atoms with van der Waals surface area (Å²) in [4.78, 5) is 9.39. The molecule has 0 amide bonds. The second-order valence-electron chi connectivity index (χ2n) is 9.32. The molecular weight excluding hydrogens is 545 g/mol. The van der Waals surface area contributed by atoms with Crippen molar-refractivity contribution in [3.63, 3.8) is 0 Å². The average Bonchev–Trinajstić information content (AvgIpc) is 3.76. The molecule has 182 valence electrons. The SMILES string of the molecule is N#CC(C#N)=Cc1ccc(-c2cc3c(s2)-c2sc(-c4ccc(C=C(C#N)C#N)s4)cc2C32CCCCC2)s1. The molecule has 4 aromatic rings. The van der Waals surface area contributed by atoms with Crippen LogP contribution in [0.2, 0.25) is 0 Å². The Bertz CT molecular complexity index is 1650. The van der Waals surface area contributed by atoms with Gasteiger partial charge in [0.25, 0.3) is 0 Å². The van der Waals surface area contributed by atoms with Gasteiger partial charge in [-0.1, -0.05) is 19.3 Å². The maximum atomic E-state index is 9.11. The first-order valence-electron chi connectivity index (χ1n) is 12.1. The van der Waals surface area contributed by atoms with E-state index >= 15 is 0 Å². The minimum atomic E-state index is 0.0655. The zero-order valence-electron chi connectivity index (χ0n) is 20.1. The average molecular weight is 563 g/mol. The van der Waals surface area contributed by atoms with Crippen LogP contribution < -0.4 is 0 Å². The van der Waals surface area contributed by atoms with Crippen LogP contribution in [0.1, 0.15) is 53.0 Å². The van der Waals surface area contributed by atoms with E-state index in [2.05, 4.69) is 24.3 Å². The second kappa shape index (κ2) is 9.85. The highest BCUT2D eigenvalue weighted by molar-refractivity contribution is 7.29. The fourth-order valence-electron chi connectivity index (χ4n) is 5.50. The molecule has 1 saturated carbocycles. The van der Waals surface area contributed by atoms with E-state index in [1.807, 2.05) is 59.1 Å². The molecule has 0 radical (unpaired) electrons. The Balaban J connectivity index is 1.41. The summed E-state index contributed by atoms with van der Waals surface area (Å²) in [6.07, 6.45) is 9.38. The molecule has 0 unspecified atom stereocenters. The van der Waals surface area contributed by atoms with Crippen molar-refractivity contribution in [3.05, 3.63) is 68.4 Å². The van der Waals surface area contributed by atoms with Crippen LogP contribution in [0.5, 0.6) is 0 Å². The Morgan fingerprint density at radius 1 is 0.605 bits per heavy atom. The lowest BCUT2D eigenvalue weighted by Crippen LogP contribution is -2.27. The normalized spacial score (nSPS) is 14.4. The number of thiophene rings is 4. The summed E-state index contributed by atoms with van der Waals surface area (Å²) in [5, 5.41) is 36.4. The van der Waals surface area contributed by atoms with Gasteiger partial charge in [0.2, 0.25) is 0 Å². The molecule has 2 aliphatic rings. The standard InChI is InChI=1S/C30H18N4S4/c31-14-18(15-32)10-20-4-6-24(35-20)26-12-22-28(37-26)29-23(30(22)8-2-1-3-9-30)13-27(38-29)25-7-5-21(36-25)11-19(16-33)17-34/h4-7,10-13H,1-3,8-9H2. The first kappa shape index (κ1) is 24.6. The van der Waals surface area contributed by atoms with Gasteiger partial charge >= 0.3 is 0 Å². The Morgan fingerprint density at radius 3 is 1.47 bits per heavy atom. The summed E-state index contributed by atoms with van der Waals surface area (Å²) in [5.74, 6) is 0. The largest absolute Gasteiger partial charge is 0.192 e. The molecular formula is C30H18N4S4. The van der Waals surface area contributed by atoms with Crippen LogP contribution in [-0.4, -0.2) is 0 Å². The molecule has 0 bridgehead atoms. The molecule has 1 fully saturated rings. The van der Waals surface area contributed by atoms with E-state index in [1.165, 1.54) is 49.9 Å². The third-order valence-corrected chi connectivity index (χ3v) is 12.1. The highest BCUT2D eigenvalue weighted by atomic mass is 32.1.